The van der Waals surface area contributed by atoms with E-state index in [-0.39, 0.29) is 5.91 Å². The second-order valence-electron chi connectivity index (χ2n) is 9.43. The van der Waals surface area contributed by atoms with Crippen molar-refractivity contribution < 1.29 is 9.53 Å². The van der Waals surface area contributed by atoms with Crippen LogP contribution in [0.25, 0.3) is 27.8 Å². The highest BCUT2D eigenvalue weighted by Crippen LogP contribution is 2.36. The second-order valence-corrected chi connectivity index (χ2v) is 9.43. The average molecular weight is 522 g/mol. The summed E-state index contributed by atoms with van der Waals surface area (Å²) in [6.45, 7) is 4.33. The van der Waals surface area contributed by atoms with Gasteiger partial charge in [-0.2, -0.15) is 0 Å². The molecule has 0 aliphatic carbocycles. The molecule has 9 nitrogen and oxygen atoms in total. The normalized spacial score (nSPS) is 11.1. The Kier molecular flexibility index (Phi) is 7.16. The molecule has 5 aromatic rings. The topological polar surface area (TPSA) is 89.2 Å². The molecule has 0 saturated carbocycles. The molecule has 0 unspecified atom stereocenters. The van der Waals surface area contributed by atoms with E-state index in [1.165, 1.54) is 6.08 Å². The lowest BCUT2D eigenvalue weighted by Gasteiger charge is -2.20. The summed E-state index contributed by atoms with van der Waals surface area (Å²) in [5.74, 6) is 0.662. The number of hydrogen-bond donors (Lipinski definition) is 2. The third kappa shape index (κ3) is 5.25. The Morgan fingerprint density at radius 2 is 1.95 bits per heavy atom. The van der Waals surface area contributed by atoms with Crippen LogP contribution in [0.15, 0.2) is 85.8 Å². The minimum absolute atomic E-state index is 0.317. The zero-order chi connectivity index (χ0) is 27.5. The first-order chi connectivity index (χ1) is 18.9. The van der Waals surface area contributed by atoms with Crippen molar-refractivity contribution in [3.05, 3.63) is 91.5 Å². The van der Waals surface area contributed by atoms with Gasteiger partial charge >= 0.3 is 0 Å². The fourth-order valence-corrected chi connectivity index (χ4v) is 4.66. The van der Waals surface area contributed by atoms with E-state index in [9.17, 15) is 4.79 Å². The molecule has 0 spiro atoms. The van der Waals surface area contributed by atoms with Crippen LogP contribution in [0.4, 0.5) is 17.3 Å². The van der Waals surface area contributed by atoms with Crippen molar-refractivity contribution in [2.75, 3.05) is 31.8 Å². The van der Waals surface area contributed by atoms with Gasteiger partial charge in [-0.05, 0) is 50.5 Å². The van der Waals surface area contributed by atoms with Crippen LogP contribution < -0.4 is 15.4 Å². The van der Waals surface area contributed by atoms with Gasteiger partial charge < -0.3 is 29.4 Å². The Morgan fingerprint density at radius 1 is 1.13 bits per heavy atom. The van der Waals surface area contributed by atoms with Gasteiger partial charge in [0.2, 0.25) is 11.9 Å². The van der Waals surface area contributed by atoms with Crippen molar-refractivity contribution in [3.63, 3.8) is 0 Å². The first-order valence-electron chi connectivity index (χ1n) is 12.5. The maximum Gasteiger partial charge on any atom is 0.247 e. The van der Waals surface area contributed by atoms with Crippen molar-refractivity contribution in [2.45, 2.75) is 6.54 Å². The van der Waals surface area contributed by atoms with Gasteiger partial charge in [0, 0.05) is 60.4 Å². The molecule has 0 fully saturated rings. The van der Waals surface area contributed by atoms with Crippen LogP contribution in [0.5, 0.6) is 5.75 Å². The standard InChI is InChI=1S/C30H31N7O2/c1-6-29(38)32-24-16-25(28(39-5)17-27(24)37-15-9-10-20(37)18-35(2)3)34-30-31-14-13-23(33-30)22-19-36(4)26-12-8-7-11-21(22)26/h6-17,19H,1,18H2,2-5H3,(H,32,38)(H,31,33,34). The summed E-state index contributed by atoms with van der Waals surface area (Å²) in [6, 6.07) is 17.8. The molecule has 0 aliphatic heterocycles. The van der Waals surface area contributed by atoms with Crippen LogP contribution in [0.2, 0.25) is 0 Å². The van der Waals surface area contributed by atoms with Gasteiger partial charge in [-0.15, -0.1) is 0 Å². The largest absolute Gasteiger partial charge is 0.494 e. The third-order valence-electron chi connectivity index (χ3n) is 6.41. The summed E-state index contributed by atoms with van der Waals surface area (Å²) in [5, 5.41) is 7.34. The molecule has 9 heteroatoms. The number of hydrogen-bond acceptors (Lipinski definition) is 6. The molecule has 0 radical (unpaired) electrons. The average Bonchev–Trinajstić information content (AvgIpc) is 3.52. The SMILES string of the molecule is C=CC(=O)Nc1cc(Nc2nccc(-c3cn(C)c4ccccc34)n2)c(OC)cc1-n1cccc1CN(C)C. The van der Waals surface area contributed by atoms with Crippen molar-refractivity contribution in [2.24, 2.45) is 7.05 Å². The molecular formula is C30H31N7O2. The number of ether oxygens (including phenoxy) is 1. The zero-order valence-electron chi connectivity index (χ0n) is 22.5. The fraction of sp³-hybridized carbons (Fsp3) is 0.167. The summed E-state index contributed by atoms with van der Waals surface area (Å²) < 4.78 is 9.88. The number of fused-ring (bicyclic) bond motifs is 1. The number of benzene rings is 2. The molecule has 3 heterocycles. The lowest BCUT2D eigenvalue weighted by molar-refractivity contribution is -0.111. The Labute approximate surface area is 227 Å². The van der Waals surface area contributed by atoms with Gasteiger partial charge in [0.15, 0.2) is 0 Å². The molecule has 5 rings (SSSR count). The van der Waals surface area contributed by atoms with E-state index in [2.05, 4.69) is 50.0 Å². The summed E-state index contributed by atoms with van der Waals surface area (Å²) in [6.07, 6.45) is 6.99. The van der Waals surface area contributed by atoms with Crippen molar-refractivity contribution in [1.82, 2.24) is 24.0 Å². The number of aromatic nitrogens is 4. The predicted molar refractivity (Wildman–Crippen MR) is 156 cm³/mol. The molecule has 3 aromatic heterocycles. The van der Waals surface area contributed by atoms with Crippen LogP contribution >= 0.6 is 0 Å². The Morgan fingerprint density at radius 3 is 2.72 bits per heavy atom. The number of carbonyl (C=O) groups excluding carboxylic acids is 1. The summed E-state index contributed by atoms with van der Waals surface area (Å²) in [5.41, 5.74) is 5.95. The minimum Gasteiger partial charge on any atom is -0.494 e. The number of carbonyl (C=O) groups is 1. The van der Waals surface area contributed by atoms with Gasteiger partial charge in [-0.1, -0.05) is 24.8 Å². The van der Waals surface area contributed by atoms with E-state index in [1.807, 2.05) is 74.4 Å². The molecule has 0 atom stereocenters. The summed E-state index contributed by atoms with van der Waals surface area (Å²) in [4.78, 5) is 23.7. The maximum atomic E-state index is 12.4. The van der Waals surface area contributed by atoms with Crippen LogP contribution in [-0.4, -0.2) is 51.1 Å². The molecule has 2 aromatic carbocycles. The van der Waals surface area contributed by atoms with Crippen LogP contribution in [0, 0.1) is 0 Å². The molecule has 198 valence electrons. The highest BCUT2D eigenvalue weighted by atomic mass is 16.5. The van der Waals surface area contributed by atoms with Crippen molar-refractivity contribution >= 4 is 34.1 Å². The van der Waals surface area contributed by atoms with E-state index in [4.69, 9.17) is 9.72 Å². The lowest BCUT2D eigenvalue weighted by Crippen LogP contribution is -2.16. The number of para-hydroxylation sites is 1. The number of anilines is 3. The van der Waals surface area contributed by atoms with E-state index in [1.54, 1.807) is 13.3 Å². The Bertz CT molecular complexity index is 1670. The van der Waals surface area contributed by atoms with E-state index >= 15 is 0 Å². The van der Waals surface area contributed by atoms with E-state index < -0.39 is 0 Å². The smallest absolute Gasteiger partial charge is 0.247 e. The first-order valence-corrected chi connectivity index (χ1v) is 12.5. The van der Waals surface area contributed by atoms with E-state index in [0.717, 1.165) is 40.1 Å². The Hall–Kier alpha value is -4.89. The first kappa shape index (κ1) is 25.7. The number of rotatable bonds is 9. The lowest BCUT2D eigenvalue weighted by atomic mass is 10.1. The predicted octanol–water partition coefficient (Wildman–Crippen LogP) is 5.36. The van der Waals surface area contributed by atoms with E-state index in [0.29, 0.717) is 23.1 Å². The number of nitrogens with zero attached hydrogens (tertiary/aromatic N) is 5. The fourth-order valence-electron chi connectivity index (χ4n) is 4.66. The minimum atomic E-state index is -0.317. The zero-order valence-corrected chi connectivity index (χ0v) is 22.5. The monoisotopic (exact) mass is 521 g/mol. The summed E-state index contributed by atoms with van der Waals surface area (Å²) >= 11 is 0. The number of amides is 1. The van der Waals surface area contributed by atoms with Crippen LogP contribution in [0.3, 0.4) is 0 Å². The Balaban J connectivity index is 1.56. The molecule has 1 amide bonds. The van der Waals surface area contributed by atoms with Crippen molar-refractivity contribution in [3.8, 4) is 22.7 Å². The number of nitrogens with one attached hydrogen (secondary N) is 2. The highest BCUT2D eigenvalue weighted by Gasteiger charge is 2.17. The van der Waals surface area contributed by atoms with Crippen LogP contribution in [-0.2, 0) is 18.4 Å². The number of methoxy groups -OCH3 is 1. The highest BCUT2D eigenvalue weighted by molar-refractivity contribution is 6.01. The van der Waals surface area contributed by atoms with Gasteiger partial charge in [0.1, 0.15) is 5.75 Å². The molecule has 0 saturated heterocycles. The molecule has 0 bridgehead atoms. The van der Waals surface area contributed by atoms with Gasteiger partial charge in [-0.25, -0.2) is 9.97 Å². The quantitative estimate of drug-likeness (QED) is 0.254. The second kappa shape index (κ2) is 10.8. The maximum absolute atomic E-state index is 12.4. The number of aryl methyl sites for hydroxylation is 1. The van der Waals surface area contributed by atoms with Gasteiger partial charge in [0.05, 0.1) is 29.9 Å². The van der Waals surface area contributed by atoms with Crippen LogP contribution in [0.1, 0.15) is 5.69 Å². The van der Waals surface area contributed by atoms with Crippen molar-refractivity contribution in [1.29, 1.82) is 0 Å². The summed E-state index contributed by atoms with van der Waals surface area (Å²) in [7, 11) is 7.65. The molecular weight excluding hydrogens is 490 g/mol. The van der Waals surface area contributed by atoms with Gasteiger partial charge in [-0.3, -0.25) is 4.79 Å². The third-order valence-corrected chi connectivity index (χ3v) is 6.41. The van der Waals surface area contributed by atoms with Gasteiger partial charge in [0.25, 0.3) is 0 Å². The molecule has 39 heavy (non-hydrogen) atoms. The molecule has 0 aliphatic rings. The molecule has 2 N–H and O–H groups in total.